The van der Waals surface area contributed by atoms with Crippen molar-refractivity contribution < 1.29 is 0 Å². The maximum Gasteiger partial charge on any atom is 0.197 e. The molecule has 6 heteroatoms. The molecule has 0 bridgehead atoms. The Hall–Kier alpha value is -2.59. The summed E-state index contributed by atoms with van der Waals surface area (Å²) in [5.41, 5.74) is 11.1. The average molecular weight is 224 g/mol. The van der Waals surface area contributed by atoms with Gasteiger partial charge in [0.1, 0.15) is 0 Å². The fraction of sp³-hybridized carbons (Fsp3) is 0.0909. The largest absolute Gasteiger partial charge is 0.326 e. The lowest BCUT2D eigenvalue weighted by Crippen LogP contribution is -1.86. The van der Waals surface area contributed by atoms with E-state index in [0.29, 0.717) is 5.95 Å². The molecule has 0 unspecified atom stereocenters. The second-order valence-corrected chi connectivity index (χ2v) is 3.66. The molecular formula is C11H8N6. The number of benzene rings is 1. The summed E-state index contributed by atoms with van der Waals surface area (Å²) < 4.78 is 1.77. The molecule has 0 radical (unpaired) electrons. The van der Waals surface area contributed by atoms with Crippen molar-refractivity contribution in [3.8, 4) is 0 Å². The van der Waals surface area contributed by atoms with E-state index in [4.69, 9.17) is 5.53 Å². The van der Waals surface area contributed by atoms with Crippen LogP contribution in [0.3, 0.4) is 0 Å². The number of aryl methyl sites for hydroxylation is 1. The van der Waals surface area contributed by atoms with Gasteiger partial charge in [0.2, 0.25) is 0 Å². The van der Waals surface area contributed by atoms with E-state index >= 15 is 0 Å². The Balaban J connectivity index is 2.51. The van der Waals surface area contributed by atoms with Gasteiger partial charge in [0.25, 0.3) is 0 Å². The van der Waals surface area contributed by atoms with E-state index < -0.39 is 0 Å². The van der Waals surface area contributed by atoms with Crippen molar-refractivity contribution in [3.05, 3.63) is 40.9 Å². The van der Waals surface area contributed by atoms with Crippen LogP contribution in [0.15, 0.2) is 35.6 Å². The minimum atomic E-state index is 0.360. The third kappa shape index (κ3) is 1.32. The van der Waals surface area contributed by atoms with Gasteiger partial charge in [0.05, 0.1) is 16.6 Å². The van der Waals surface area contributed by atoms with Crippen molar-refractivity contribution in [2.75, 3.05) is 0 Å². The van der Waals surface area contributed by atoms with Crippen LogP contribution in [0.4, 0.5) is 5.95 Å². The highest BCUT2D eigenvalue weighted by Gasteiger charge is 2.09. The number of hydrogen-bond donors (Lipinski definition) is 0. The fourth-order valence-electron chi connectivity index (χ4n) is 1.93. The molecule has 0 aliphatic carbocycles. The lowest BCUT2D eigenvalue weighted by molar-refractivity contribution is 0.940. The normalized spacial score (nSPS) is 10.6. The first-order chi connectivity index (χ1) is 8.31. The number of pyridine rings is 1. The lowest BCUT2D eigenvalue weighted by Gasteiger charge is -1.98. The molecule has 0 atom stereocenters. The molecular weight excluding hydrogens is 216 g/mol. The standard InChI is InChI=1S/C11H8N6/c1-17-9-5-4-8-7(3-2-6-13-8)10(9)14-11(17)15-16-12/h2-6H,1H3. The molecule has 3 aromatic rings. The quantitative estimate of drug-likeness (QED) is 0.361. The predicted octanol–water partition coefficient (Wildman–Crippen LogP) is 3.06. The van der Waals surface area contributed by atoms with Crippen molar-refractivity contribution in [1.82, 2.24) is 14.5 Å². The topological polar surface area (TPSA) is 79.5 Å². The maximum atomic E-state index is 8.48. The van der Waals surface area contributed by atoms with Crippen molar-refractivity contribution in [3.63, 3.8) is 0 Å². The van der Waals surface area contributed by atoms with Crippen LogP contribution in [0.2, 0.25) is 0 Å². The van der Waals surface area contributed by atoms with Crippen molar-refractivity contribution in [1.29, 1.82) is 0 Å². The van der Waals surface area contributed by atoms with E-state index in [9.17, 15) is 0 Å². The highest BCUT2D eigenvalue weighted by atomic mass is 15.3. The van der Waals surface area contributed by atoms with Crippen LogP contribution in [0.1, 0.15) is 0 Å². The molecule has 6 nitrogen and oxygen atoms in total. The zero-order valence-electron chi connectivity index (χ0n) is 9.07. The smallest absolute Gasteiger partial charge is 0.197 e. The molecule has 0 saturated heterocycles. The number of aromatic nitrogens is 3. The van der Waals surface area contributed by atoms with Crippen LogP contribution in [-0.2, 0) is 7.05 Å². The van der Waals surface area contributed by atoms with E-state index in [-0.39, 0.29) is 0 Å². The summed E-state index contributed by atoms with van der Waals surface area (Å²) >= 11 is 0. The first-order valence-corrected chi connectivity index (χ1v) is 5.06. The van der Waals surface area contributed by atoms with Crippen LogP contribution in [0.25, 0.3) is 32.4 Å². The van der Waals surface area contributed by atoms with E-state index in [1.807, 2.05) is 31.3 Å². The van der Waals surface area contributed by atoms with Gasteiger partial charge in [-0.15, -0.1) is 0 Å². The zero-order valence-corrected chi connectivity index (χ0v) is 9.07. The van der Waals surface area contributed by atoms with Gasteiger partial charge in [-0.2, -0.15) is 0 Å². The van der Waals surface area contributed by atoms with Gasteiger partial charge in [0.15, 0.2) is 5.95 Å². The summed E-state index contributed by atoms with van der Waals surface area (Å²) in [6, 6.07) is 7.68. The Labute approximate surface area is 96.2 Å². The van der Waals surface area contributed by atoms with Crippen LogP contribution >= 0.6 is 0 Å². The van der Waals surface area contributed by atoms with E-state index in [1.165, 1.54) is 0 Å². The van der Waals surface area contributed by atoms with Gasteiger partial charge in [-0.1, -0.05) is 0 Å². The minimum Gasteiger partial charge on any atom is -0.326 e. The zero-order chi connectivity index (χ0) is 11.8. The molecule has 0 spiro atoms. The van der Waals surface area contributed by atoms with Gasteiger partial charge < -0.3 is 4.57 Å². The number of azide groups is 1. The summed E-state index contributed by atoms with van der Waals surface area (Å²) in [6.45, 7) is 0. The second kappa shape index (κ2) is 3.47. The van der Waals surface area contributed by atoms with Gasteiger partial charge in [-0.3, -0.25) is 4.98 Å². The fourth-order valence-corrected chi connectivity index (χ4v) is 1.93. The summed E-state index contributed by atoms with van der Waals surface area (Å²) in [4.78, 5) is 11.4. The van der Waals surface area contributed by atoms with Crippen LogP contribution < -0.4 is 0 Å². The number of imidazole rings is 1. The molecule has 0 saturated carbocycles. The molecule has 1 aromatic carbocycles. The van der Waals surface area contributed by atoms with Crippen LogP contribution in [0, 0.1) is 0 Å². The van der Waals surface area contributed by atoms with Gasteiger partial charge in [-0.25, -0.2) is 4.98 Å². The SMILES string of the molecule is Cn1c(N=[N+]=[N-])nc2c3cccnc3ccc21. The number of fused-ring (bicyclic) bond motifs is 3. The Morgan fingerprint density at radius 1 is 1.35 bits per heavy atom. The molecule has 82 valence electrons. The van der Waals surface area contributed by atoms with E-state index in [1.54, 1.807) is 10.8 Å². The van der Waals surface area contributed by atoms with E-state index in [0.717, 1.165) is 21.9 Å². The second-order valence-electron chi connectivity index (χ2n) is 3.66. The Kier molecular flexibility index (Phi) is 1.96. The summed E-state index contributed by atoms with van der Waals surface area (Å²) in [6.07, 6.45) is 1.74. The van der Waals surface area contributed by atoms with E-state index in [2.05, 4.69) is 20.0 Å². The molecule has 0 aliphatic heterocycles. The molecule has 0 N–H and O–H groups in total. The highest BCUT2D eigenvalue weighted by molar-refractivity contribution is 6.03. The molecule has 2 aromatic heterocycles. The third-order valence-corrected chi connectivity index (χ3v) is 2.74. The summed E-state index contributed by atoms with van der Waals surface area (Å²) in [5, 5.41) is 4.52. The van der Waals surface area contributed by atoms with Crippen molar-refractivity contribution in [2.45, 2.75) is 0 Å². The molecule has 2 heterocycles. The highest BCUT2D eigenvalue weighted by Crippen LogP contribution is 2.26. The Morgan fingerprint density at radius 3 is 3.06 bits per heavy atom. The average Bonchev–Trinajstić information content (AvgIpc) is 2.68. The number of nitrogens with zero attached hydrogens (tertiary/aromatic N) is 6. The summed E-state index contributed by atoms with van der Waals surface area (Å²) in [5.74, 6) is 0.360. The van der Waals surface area contributed by atoms with Crippen molar-refractivity contribution in [2.24, 2.45) is 12.2 Å². The van der Waals surface area contributed by atoms with Gasteiger partial charge >= 0.3 is 0 Å². The minimum absolute atomic E-state index is 0.360. The van der Waals surface area contributed by atoms with Crippen LogP contribution in [-0.4, -0.2) is 14.5 Å². The Bertz CT molecular complexity index is 766. The Morgan fingerprint density at radius 2 is 2.24 bits per heavy atom. The van der Waals surface area contributed by atoms with Gasteiger partial charge in [0, 0.05) is 23.5 Å². The molecule has 3 rings (SSSR count). The monoisotopic (exact) mass is 224 g/mol. The lowest BCUT2D eigenvalue weighted by atomic mass is 10.2. The van der Waals surface area contributed by atoms with Gasteiger partial charge in [-0.05, 0) is 34.9 Å². The number of hydrogen-bond acceptors (Lipinski definition) is 3. The first kappa shape index (κ1) is 9.62. The first-order valence-electron chi connectivity index (χ1n) is 5.06. The van der Waals surface area contributed by atoms with Crippen molar-refractivity contribution >= 4 is 27.9 Å². The number of rotatable bonds is 1. The van der Waals surface area contributed by atoms with Crippen LogP contribution in [0.5, 0.6) is 0 Å². The molecule has 0 fully saturated rings. The molecule has 17 heavy (non-hydrogen) atoms. The predicted molar refractivity (Wildman–Crippen MR) is 64.8 cm³/mol. The maximum absolute atomic E-state index is 8.48. The molecule has 0 aliphatic rings. The third-order valence-electron chi connectivity index (χ3n) is 2.74. The summed E-state index contributed by atoms with van der Waals surface area (Å²) in [7, 11) is 1.82. The molecule has 0 amide bonds.